The lowest BCUT2D eigenvalue weighted by Crippen LogP contribution is -2.04. The average molecular weight is 149 g/mol. The van der Waals surface area contributed by atoms with Crippen LogP contribution in [0.25, 0.3) is 0 Å². The Morgan fingerprint density at radius 3 is 2.64 bits per heavy atom. The molecule has 2 rings (SSSR count). The van der Waals surface area contributed by atoms with Gasteiger partial charge >= 0.3 is 0 Å². The van der Waals surface area contributed by atoms with Gasteiger partial charge in [0.05, 0.1) is 11.4 Å². The molecule has 1 heterocycles. The summed E-state index contributed by atoms with van der Waals surface area (Å²) in [7, 11) is 0. The predicted octanol–water partition coefficient (Wildman–Crippen LogP) is 0.600. The smallest absolute Gasteiger partial charge is 0.0662 e. The van der Waals surface area contributed by atoms with Crippen molar-refractivity contribution in [2.75, 3.05) is 0 Å². The lowest BCUT2D eigenvalue weighted by Gasteiger charge is -1.99. The van der Waals surface area contributed by atoms with E-state index in [0.717, 1.165) is 17.8 Å². The predicted molar refractivity (Wildman–Crippen MR) is 42.1 cm³/mol. The highest BCUT2D eigenvalue weighted by molar-refractivity contribution is 5.23. The fourth-order valence-corrected chi connectivity index (χ4v) is 1.31. The van der Waals surface area contributed by atoms with E-state index in [-0.39, 0.29) is 0 Å². The maximum absolute atomic E-state index is 5.70. The summed E-state index contributed by atoms with van der Waals surface area (Å²) in [5, 5.41) is 0. The van der Waals surface area contributed by atoms with Crippen LogP contribution in [0.4, 0.5) is 0 Å². The van der Waals surface area contributed by atoms with Crippen LogP contribution in [0.1, 0.15) is 23.7 Å². The van der Waals surface area contributed by atoms with Crippen LogP contribution in [0.2, 0.25) is 0 Å². The van der Waals surface area contributed by atoms with E-state index in [2.05, 4.69) is 9.97 Å². The summed E-state index contributed by atoms with van der Waals surface area (Å²) >= 11 is 0. The van der Waals surface area contributed by atoms with E-state index in [9.17, 15) is 0 Å². The summed E-state index contributed by atoms with van der Waals surface area (Å²) in [4.78, 5) is 8.40. The molecule has 1 aliphatic rings. The van der Waals surface area contributed by atoms with Gasteiger partial charge in [-0.1, -0.05) is 0 Å². The molecule has 2 N–H and O–H groups in total. The Balaban J connectivity index is 2.31. The minimum Gasteiger partial charge on any atom is -0.327 e. The molecule has 0 saturated heterocycles. The van der Waals surface area contributed by atoms with Crippen molar-refractivity contribution in [3.05, 3.63) is 23.8 Å². The molecule has 11 heavy (non-hydrogen) atoms. The second-order valence-corrected chi connectivity index (χ2v) is 3.03. The van der Waals surface area contributed by atoms with Gasteiger partial charge in [-0.3, -0.25) is 9.97 Å². The molecule has 0 spiro atoms. The van der Waals surface area contributed by atoms with Crippen molar-refractivity contribution in [3.8, 4) is 0 Å². The maximum atomic E-state index is 5.70. The summed E-state index contributed by atoms with van der Waals surface area (Å²) in [6.07, 6.45) is 4.51. The Morgan fingerprint density at radius 1 is 1.45 bits per heavy atom. The van der Waals surface area contributed by atoms with Gasteiger partial charge in [0.1, 0.15) is 0 Å². The van der Waals surface area contributed by atoms with E-state index >= 15 is 0 Å². The number of nitrogens with two attached hydrogens (primary N) is 1. The van der Waals surface area contributed by atoms with Crippen molar-refractivity contribution in [3.63, 3.8) is 0 Å². The number of aromatic nitrogens is 2. The van der Waals surface area contributed by atoms with Crippen LogP contribution in [-0.4, -0.2) is 16.0 Å². The van der Waals surface area contributed by atoms with Gasteiger partial charge in [-0.2, -0.15) is 0 Å². The van der Waals surface area contributed by atoms with E-state index in [0.29, 0.717) is 12.0 Å². The van der Waals surface area contributed by atoms with Crippen LogP contribution in [0.3, 0.4) is 0 Å². The van der Waals surface area contributed by atoms with Crippen LogP contribution in [-0.2, 0) is 0 Å². The normalized spacial score (nSPS) is 28.5. The van der Waals surface area contributed by atoms with Gasteiger partial charge < -0.3 is 5.73 Å². The quantitative estimate of drug-likeness (QED) is 0.636. The zero-order valence-electron chi connectivity index (χ0n) is 6.49. The van der Waals surface area contributed by atoms with Crippen LogP contribution in [0.5, 0.6) is 0 Å². The first-order valence-electron chi connectivity index (χ1n) is 3.82. The highest BCUT2D eigenvalue weighted by atomic mass is 14.8. The molecule has 0 bridgehead atoms. The van der Waals surface area contributed by atoms with Gasteiger partial charge in [0.25, 0.3) is 0 Å². The Morgan fingerprint density at radius 2 is 2.09 bits per heavy atom. The van der Waals surface area contributed by atoms with Gasteiger partial charge in [-0.05, 0) is 13.3 Å². The summed E-state index contributed by atoms with van der Waals surface area (Å²) in [6, 6.07) is 0.324. The Hall–Kier alpha value is -0.960. The Bertz CT molecular complexity index is 272. The van der Waals surface area contributed by atoms with Crippen molar-refractivity contribution >= 4 is 0 Å². The summed E-state index contributed by atoms with van der Waals surface area (Å²) in [5.41, 5.74) is 7.80. The van der Waals surface area contributed by atoms with Gasteiger partial charge in [-0.25, -0.2) is 0 Å². The molecule has 0 aromatic carbocycles. The van der Waals surface area contributed by atoms with Crippen molar-refractivity contribution < 1.29 is 0 Å². The Kier molecular flexibility index (Phi) is 1.39. The average Bonchev–Trinajstić information content (AvgIpc) is 2.68. The van der Waals surface area contributed by atoms with Crippen molar-refractivity contribution in [2.24, 2.45) is 5.73 Å². The topological polar surface area (TPSA) is 51.8 Å². The minimum absolute atomic E-state index is 0.324. The molecule has 0 amide bonds. The number of hydrogen-bond donors (Lipinski definition) is 1. The molecule has 3 nitrogen and oxygen atoms in total. The van der Waals surface area contributed by atoms with E-state index < -0.39 is 0 Å². The van der Waals surface area contributed by atoms with Crippen LogP contribution in [0, 0.1) is 6.92 Å². The summed E-state index contributed by atoms with van der Waals surface area (Å²) < 4.78 is 0. The highest BCUT2D eigenvalue weighted by Crippen LogP contribution is 2.38. The van der Waals surface area contributed by atoms with Gasteiger partial charge in [0.2, 0.25) is 0 Å². The fraction of sp³-hybridized carbons (Fsp3) is 0.500. The van der Waals surface area contributed by atoms with Crippen LogP contribution in [0.15, 0.2) is 12.4 Å². The Labute approximate surface area is 65.7 Å². The minimum atomic E-state index is 0.324. The van der Waals surface area contributed by atoms with E-state index in [1.807, 2.05) is 6.92 Å². The standard InChI is InChI=1S/C8H11N3/c1-5-8(6-4-7(6)9)11-3-2-10-5/h2-3,6-7H,4,9H2,1H3. The van der Waals surface area contributed by atoms with Gasteiger partial charge in [0.15, 0.2) is 0 Å². The molecule has 58 valence electrons. The number of nitrogens with zero attached hydrogens (tertiary/aromatic N) is 2. The first-order chi connectivity index (χ1) is 5.29. The molecular weight excluding hydrogens is 138 g/mol. The van der Waals surface area contributed by atoms with Gasteiger partial charge in [0, 0.05) is 24.4 Å². The zero-order chi connectivity index (χ0) is 7.84. The van der Waals surface area contributed by atoms with Crippen molar-refractivity contribution in [1.82, 2.24) is 9.97 Å². The van der Waals surface area contributed by atoms with E-state index in [1.165, 1.54) is 0 Å². The first kappa shape index (κ1) is 6.73. The number of rotatable bonds is 1. The molecule has 0 radical (unpaired) electrons. The maximum Gasteiger partial charge on any atom is 0.0662 e. The SMILES string of the molecule is Cc1nccnc1C1CC1N. The van der Waals surface area contributed by atoms with Gasteiger partial charge in [-0.15, -0.1) is 0 Å². The summed E-state index contributed by atoms with van der Waals surface area (Å²) in [5.74, 6) is 0.476. The third kappa shape index (κ3) is 1.12. The molecule has 2 unspecified atom stereocenters. The number of aryl methyl sites for hydroxylation is 1. The lowest BCUT2D eigenvalue weighted by atomic mass is 10.2. The third-order valence-corrected chi connectivity index (χ3v) is 2.11. The molecule has 1 aliphatic carbocycles. The lowest BCUT2D eigenvalue weighted by molar-refractivity contribution is 0.902. The fourth-order valence-electron chi connectivity index (χ4n) is 1.31. The second kappa shape index (κ2) is 2.27. The largest absolute Gasteiger partial charge is 0.327 e. The van der Waals surface area contributed by atoms with Crippen LogP contribution >= 0.6 is 0 Å². The summed E-state index contributed by atoms with van der Waals surface area (Å²) in [6.45, 7) is 1.98. The van der Waals surface area contributed by atoms with Crippen molar-refractivity contribution in [1.29, 1.82) is 0 Å². The monoisotopic (exact) mass is 149 g/mol. The van der Waals surface area contributed by atoms with Crippen LogP contribution < -0.4 is 5.73 Å². The molecule has 2 atom stereocenters. The number of hydrogen-bond acceptors (Lipinski definition) is 3. The zero-order valence-corrected chi connectivity index (χ0v) is 6.49. The molecular formula is C8H11N3. The van der Waals surface area contributed by atoms with E-state index in [1.54, 1.807) is 12.4 Å². The molecule has 1 aromatic rings. The molecule has 1 aromatic heterocycles. The molecule has 1 saturated carbocycles. The highest BCUT2D eigenvalue weighted by Gasteiger charge is 2.37. The third-order valence-electron chi connectivity index (χ3n) is 2.11. The molecule has 1 fully saturated rings. The van der Waals surface area contributed by atoms with E-state index in [4.69, 9.17) is 5.73 Å². The van der Waals surface area contributed by atoms with Crippen molar-refractivity contribution in [2.45, 2.75) is 25.3 Å². The molecule has 3 heteroatoms. The molecule has 0 aliphatic heterocycles. The second-order valence-electron chi connectivity index (χ2n) is 3.03. The first-order valence-corrected chi connectivity index (χ1v) is 3.82.